The van der Waals surface area contributed by atoms with E-state index in [1.54, 1.807) is 24.3 Å². The highest BCUT2D eigenvalue weighted by molar-refractivity contribution is 5.63. The molecule has 6 heteroatoms. The Morgan fingerprint density at radius 1 is 1.30 bits per heavy atom. The number of ether oxygens (including phenoxy) is 3. The molecule has 0 aliphatic rings. The Hall–Kier alpha value is -1.92. The number of benzene rings is 1. The Bertz CT molecular complexity index is 467. The molecule has 6 nitrogen and oxygen atoms in total. The van der Waals surface area contributed by atoms with Crippen molar-refractivity contribution in [2.45, 2.75) is 20.1 Å². The summed E-state index contributed by atoms with van der Waals surface area (Å²) in [4.78, 5) is 10.6. The summed E-state index contributed by atoms with van der Waals surface area (Å²) in [5, 5.41) is 11.0. The third-order valence-electron chi connectivity index (χ3n) is 2.53. The lowest BCUT2D eigenvalue weighted by Gasteiger charge is -2.12. The first-order chi connectivity index (χ1) is 9.62. The summed E-state index contributed by atoms with van der Waals surface area (Å²) in [7, 11) is 1.51. The monoisotopic (exact) mass is 281 g/mol. The van der Waals surface area contributed by atoms with Crippen LogP contribution in [0, 0.1) is 10.1 Å². The molecule has 0 fully saturated rings. The fourth-order valence-corrected chi connectivity index (χ4v) is 1.63. The van der Waals surface area contributed by atoms with Crippen LogP contribution in [-0.4, -0.2) is 31.5 Å². The largest absolute Gasteiger partial charge is 0.497 e. The quantitative estimate of drug-likeness (QED) is 0.416. The van der Waals surface area contributed by atoms with E-state index >= 15 is 0 Å². The smallest absolute Gasteiger partial charge is 0.276 e. The van der Waals surface area contributed by atoms with Gasteiger partial charge in [0, 0.05) is 19.3 Å². The van der Waals surface area contributed by atoms with E-state index in [0.29, 0.717) is 24.5 Å². The molecule has 110 valence electrons. The lowest BCUT2D eigenvalue weighted by molar-refractivity contribution is -0.385. The van der Waals surface area contributed by atoms with Gasteiger partial charge < -0.3 is 14.2 Å². The van der Waals surface area contributed by atoms with Crippen molar-refractivity contribution in [3.8, 4) is 5.75 Å². The van der Waals surface area contributed by atoms with Crippen LogP contribution in [0.1, 0.15) is 19.4 Å². The molecule has 0 atom stereocenters. The molecule has 0 aromatic heterocycles. The zero-order chi connectivity index (χ0) is 15.0. The van der Waals surface area contributed by atoms with E-state index < -0.39 is 11.2 Å². The number of nitro benzene ring substituents is 1. The minimum atomic E-state index is -0.518. The maximum Gasteiger partial charge on any atom is 0.276 e. The molecule has 0 aliphatic carbocycles. The Balaban J connectivity index is 3.00. The zero-order valence-electron chi connectivity index (χ0n) is 11.9. The normalized spacial score (nSPS) is 11.2. The molecular weight excluding hydrogens is 262 g/mol. The number of nitro groups is 1. The van der Waals surface area contributed by atoms with Gasteiger partial charge in [-0.2, -0.15) is 0 Å². The van der Waals surface area contributed by atoms with Gasteiger partial charge in [-0.3, -0.25) is 10.1 Å². The second-order valence-electron chi connectivity index (χ2n) is 3.82. The summed E-state index contributed by atoms with van der Waals surface area (Å²) in [6.45, 7) is 4.70. The number of rotatable bonds is 8. The third-order valence-corrected chi connectivity index (χ3v) is 2.53. The highest BCUT2D eigenvalue weighted by Gasteiger charge is 2.13. The van der Waals surface area contributed by atoms with E-state index in [1.165, 1.54) is 13.2 Å². The Labute approximate surface area is 118 Å². The highest BCUT2D eigenvalue weighted by atomic mass is 16.7. The molecule has 0 N–H and O–H groups in total. The molecule has 0 amide bonds. The average molecular weight is 281 g/mol. The van der Waals surface area contributed by atoms with E-state index in [4.69, 9.17) is 14.2 Å². The van der Waals surface area contributed by atoms with Crippen molar-refractivity contribution < 1.29 is 19.1 Å². The zero-order valence-corrected chi connectivity index (χ0v) is 11.9. The molecule has 0 aliphatic heterocycles. The molecule has 0 spiro atoms. The summed E-state index contributed by atoms with van der Waals surface area (Å²) in [5.41, 5.74) is 0.451. The van der Waals surface area contributed by atoms with Gasteiger partial charge in [0.05, 0.1) is 17.6 Å². The Morgan fingerprint density at radius 3 is 2.45 bits per heavy atom. The summed E-state index contributed by atoms with van der Waals surface area (Å²) in [5.74, 6) is 0.555. The van der Waals surface area contributed by atoms with Gasteiger partial charge in [-0.1, -0.05) is 0 Å². The molecule has 0 radical (unpaired) electrons. The Kier molecular flexibility index (Phi) is 6.69. The molecule has 0 saturated heterocycles. The first kappa shape index (κ1) is 16.1. The lowest BCUT2D eigenvalue weighted by Crippen LogP contribution is -2.14. The first-order valence-electron chi connectivity index (χ1n) is 6.36. The number of hydrogen-bond acceptors (Lipinski definition) is 5. The van der Waals surface area contributed by atoms with Gasteiger partial charge in [0.2, 0.25) is 0 Å². The van der Waals surface area contributed by atoms with Crippen molar-refractivity contribution in [1.82, 2.24) is 0 Å². The fourth-order valence-electron chi connectivity index (χ4n) is 1.63. The minimum Gasteiger partial charge on any atom is -0.497 e. The van der Waals surface area contributed by atoms with Gasteiger partial charge >= 0.3 is 0 Å². The van der Waals surface area contributed by atoms with Crippen LogP contribution < -0.4 is 4.74 Å². The van der Waals surface area contributed by atoms with Crippen molar-refractivity contribution in [1.29, 1.82) is 0 Å². The minimum absolute atomic E-state index is 0.00815. The van der Waals surface area contributed by atoms with E-state index in [1.807, 2.05) is 13.8 Å². The van der Waals surface area contributed by atoms with Gasteiger partial charge in [-0.05, 0) is 38.1 Å². The van der Waals surface area contributed by atoms with Gasteiger partial charge in [0.25, 0.3) is 5.69 Å². The third kappa shape index (κ3) is 4.64. The van der Waals surface area contributed by atoms with Crippen LogP contribution in [0.15, 0.2) is 24.3 Å². The summed E-state index contributed by atoms with van der Waals surface area (Å²) in [6, 6.07) is 4.57. The molecule has 0 unspecified atom stereocenters. The van der Waals surface area contributed by atoms with E-state index in [0.717, 1.165) is 0 Å². The van der Waals surface area contributed by atoms with Gasteiger partial charge in [-0.25, -0.2) is 0 Å². The van der Waals surface area contributed by atoms with Crippen LogP contribution in [0.5, 0.6) is 5.75 Å². The van der Waals surface area contributed by atoms with Gasteiger partial charge in [0.1, 0.15) is 5.75 Å². The second kappa shape index (κ2) is 8.29. The van der Waals surface area contributed by atoms with E-state index in [9.17, 15) is 10.1 Å². The predicted octanol–water partition coefficient (Wildman–Crippen LogP) is 3.02. The number of methoxy groups -OCH3 is 1. The molecule has 0 saturated carbocycles. The average Bonchev–Trinajstić information content (AvgIpc) is 2.44. The predicted molar refractivity (Wildman–Crippen MR) is 75.7 cm³/mol. The number of nitrogens with zero attached hydrogens (tertiary/aromatic N) is 1. The van der Waals surface area contributed by atoms with Crippen molar-refractivity contribution in [2.75, 3.05) is 20.3 Å². The van der Waals surface area contributed by atoms with E-state index in [2.05, 4.69) is 0 Å². The SMILES string of the molecule is CCOC(/C=C/c1cc(OC)ccc1[N+](=O)[O-])OCC. The van der Waals surface area contributed by atoms with Crippen molar-refractivity contribution in [3.63, 3.8) is 0 Å². The highest BCUT2D eigenvalue weighted by Crippen LogP contribution is 2.25. The maximum absolute atomic E-state index is 11.0. The standard InChI is InChI=1S/C14H19NO5/c1-4-19-14(20-5-2)9-6-11-10-12(18-3)7-8-13(11)15(16)17/h6-10,14H,4-5H2,1-3H3/b9-6+. The van der Waals surface area contributed by atoms with Crippen LogP contribution in [-0.2, 0) is 9.47 Å². The van der Waals surface area contributed by atoms with Gasteiger partial charge in [0.15, 0.2) is 6.29 Å². The summed E-state index contributed by atoms with van der Waals surface area (Å²) >= 11 is 0. The maximum atomic E-state index is 11.0. The van der Waals surface area contributed by atoms with Crippen molar-refractivity contribution >= 4 is 11.8 Å². The first-order valence-corrected chi connectivity index (χ1v) is 6.36. The Morgan fingerprint density at radius 2 is 1.95 bits per heavy atom. The molecule has 1 rings (SSSR count). The topological polar surface area (TPSA) is 70.8 Å². The van der Waals surface area contributed by atoms with E-state index in [-0.39, 0.29) is 5.69 Å². The van der Waals surface area contributed by atoms with Crippen molar-refractivity contribution in [2.24, 2.45) is 0 Å². The van der Waals surface area contributed by atoms with Crippen LogP contribution in [0.2, 0.25) is 0 Å². The number of hydrogen-bond donors (Lipinski definition) is 0. The fraction of sp³-hybridized carbons (Fsp3) is 0.429. The summed E-state index contributed by atoms with van der Waals surface area (Å²) in [6.07, 6.45) is 2.74. The molecule has 1 aromatic rings. The van der Waals surface area contributed by atoms with Crippen LogP contribution in [0.4, 0.5) is 5.69 Å². The molecule has 1 aromatic carbocycles. The molecule has 0 heterocycles. The second-order valence-corrected chi connectivity index (χ2v) is 3.82. The van der Waals surface area contributed by atoms with Gasteiger partial charge in [-0.15, -0.1) is 0 Å². The van der Waals surface area contributed by atoms with Crippen LogP contribution >= 0.6 is 0 Å². The molecule has 0 bridgehead atoms. The van der Waals surface area contributed by atoms with Crippen LogP contribution in [0.3, 0.4) is 0 Å². The lowest BCUT2D eigenvalue weighted by atomic mass is 10.1. The summed E-state index contributed by atoms with van der Waals surface area (Å²) < 4.78 is 15.8. The molecule has 20 heavy (non-hydrogen) atoms. The van der Waals surface area contributed by atoms with Crippen LogP contribution in [0.25, 0.3) is 6.08 Å². The molecular formula is C14H19NO5. The van der Waals surface area contributed by atoms with Crippen molar-refractivity contribution in [3.05, 3.63) is 40.0 Å².